The summed E-state index contributed by atoms with van der Waals surface area (Å²) in [4.78, 5) is 16.1. The van der Waals surface area contributed by atoms with Crippen LogP contribution in [0, 0.1) is 13.8 Å². The monoisotopic (exact) mass is 374 g/mol. The van der Waals surface area contributed by atoms with E-state index >= 15 is 0 Å². The highest BCUT2D eigenvalue weighted by Gasteiger charge is 2.15. The van der Waals surface area contributed by atoms with Gasteiger partial charge in [-0.2, -0.15) is 4.68 Å². The van der Waals surface area contributed by atoms with Crippen LogP contribution in [-0.4, -0.2) is 36.9 Å². The van der Waals surface area contributed by atoms with Gasteiger partial charge in [-0.1, -0.05) is 41.6 Å². The maximum absolute atomic E-state index is 12.1. The summed E-state index contributed by atoms with van der Waals surface area (Å²) >= 11 is 7.19. The Kier molecular flexibility index (Phi) is 5.30. The van der Waals surface area contributed by atoms with Gasteiger partial charge in [-0.25, -0.2) is 4.98 Å². The molecule has 0 saturated heterocycles. The second kappa shape index (κ2) is 7.62. The van der Waals surface area contributed by atoms with E-state index in [0.717, 1.165) is 16.8 Å². The van der Waals surface area contributed by atoms with Crippen LogP contribution < -0.4 is 5.32 Å². The zero-order valence-corrected chi connectivity index (χ0v) is 15.2. The lowest BCUT2D eigenvalue weighted by molar-refractivity contribution is -0.113. The van der Waals surface area contributed by atoms with Gasteiger partial charge in [0.15, 0.2) is 5.15 Å². The third-order valence-electron chi connectivity index (χ3n) is 3.46. The molecule has 0 aliphatic carbocycles. The second-order valence-electron chi connectivity index (χ2n) is 5.29. The molecule has 25 heavy (non-hydrogen) atoms. The number of halogens is 1. The molecule has 3 aromatic rings. The zero-order chi connectivity index (χ0) is 17.8. The molecule has 7 nitrogen and oxygen atoms in total. The molecule has 0 bridgehead atoms. The fourth-order valence-corrected chi connectivity index (χ4v) is 3.19. The quantitative estimate of drug-likeness (QED) is 0.545. The number of rotatable bonds is 5. The average molecular weight is 375 g/mol. The summed E-state index contributed by atoms with van der Waals surface area (Å²) in [6, 6.07) is 9.37. The van der Waals surface area contributed by atoms with E-state index < -0.39 is 0 Å². The number of para-hydroxylation sites is 1. The van der Waals surface area contributed by atoms with Crippen LogP contribution in [0.5, 0.6) is 0 Å². The Morgan fingerprint density at radius 2 is 2.00 bits per heavy atom. The first-order valence-electron chi connectivity index (χ1n) is 7.44. The number of benzene rings is 1. The van der Waals surface area contributed by atoms with Gasteiger partial charge in [0.1, 0.15) is 0 Å². The molecule has 0 saturated carbocycles. The molecule has 3 rings (SSSR count). The van der Waals surface area contributed by atoms with E-state index in [1.807, 2.05) is 32.0 Å². The molecule has 128 valence electrons. The summed E-state index contributed by atoms with van der Waals surface area (Å²) in [5.41, 5.74) is 3.51. The third kappa shape index (κ3) is 3.97. The van der Waals surface area contributed by atoms with Crippen LogP contribution in [0.3, 0.4) is 0 Å². The zero-order valence-electron chi connectivity index (χ0n) is 13.6. The van der Waals surface area contributed by atoms with Crippen LogP contribution in [0.2, 0.25) is 5.15 Å². The van der Waals surface area contributed by atoms with Gasteiger partial charge in [-0.15, -0.1) is 5.10 Å². The summed E-state index contributed by atoms with van der Waals surface area (Å²) in [5, 5.41) is 15.3. The van der Waals surface area contributed by atoms with E-state index in [0.29, 0.717) is 10.8 Å². The fourth-order valence-electron chi connectivity index (χ4n) is 2.34. The molecule has 0 aliphatic rings. The van der Waals surface area contributed by atoms with Crippen molar-refractivity contribution in [1.29, 1.82) is 0 Å². The Labute approximate surface area is 153 Å². The van der Waals surface area contributed by atoms with Crippen molar-refractivity contribution in [3.05, 3.63) is 52.8 Å². The molecule has 0 unspecified atom stereocenters. The maximum atomic E-state index is 12.1. The molecule has 1 N–H and O–H groups in total. The average Bonchev–Trinajstić information content (AvgIpc) is 3.03. The first-order valence-corrected chi connectivity index (χ1v) is 8.81. The number of hydrogen-bond donors (Lipinski definition) is 1. The summed E-state index contributed by atoms with van der Waals surface area (Å²) in [6.45, 7) is 3.99. The van der Waals surface area contributed by atoms with E-state index in [1.165, 1.54) is 11.8 Å². The van der Waals surface area contributed by atoms with Gasteiger partial charge in [-0.3, -0.25) is 4.79 Å². The van der Waals surface area contributed by atoms with Crippen molar-refractivity contribution in [3.63, 3.8) is 0 Å². The Balaban J connectivity index is 1.72. The summed E-state index contributed by atoms with van der Waals surface area (Å²) in [7, 11) is 0. The van der Waals surface area contributed by atoms with Crippen molar-refractivity contribution in [1.82, 2.24) is 25.2 Å². The van der Waals surface area contributed by atoms with Crippen molar-refractivity contribution in [3.8, 4) is 5.69 Å². The van der Waals surface area contributed by atoms with Gasteiger partial charge in [-0.05, 0) is 47.5 Å². The van der Waals surface area contributed by atoms with Crippen LogP contribution in [0.15, 0.2) is 41.7 Å². The number of hydrogen-bond acceptors (Lipinski definition) is 6. The van der Waals surface area contributed by atoms with Crippen LogP contribution in [-0.2, 0) is 4.79 Å². The van der Waals surface area contributed by atoms with E-state index in [9.17, 15) is 4.79 Å². The van der Waals surface area contributed by atoms with Gasteiger partial charge in [0, 0.05) is 6.20 Å². The van der Waals surface area contributed by atoms with Crippen LogP contribution in [0.1, 0.15) is 11.1 Å². The van der Waals surface area contributed by atoms with E-state index in [4.69, 9.17) is 11.6 Å². The molecule has 0 aliphatic heterocycles. The van der Waals surface area contributed by atoms with Crippen molar-refractivity contribution in [2.75, 3.05) is 11.1 Å². The van der Waals surface area contributed by atoms with Crippen LogP contribution in [0.4, 0.5) is 5.69 Å². The molecule has 0 spiro atoms. The number of pyridine rings is 1. The molecule has 0 radical (unpaired) electrons. The molecule has 1 aromatic carbocycles. The van der Waals surface area contributed by atoms with E-state index in [1.54, 1.807) is 23.0 Å². The normalized spacial score (nSPS) is 10.7. The number of tetrazole rings is 1. The van der Waals surface area contributed by atoms with Gasteiger partial charge in [0.2, 0.25) is 11.1 Å². The van der Waals surface area contributed by atoms with Gasteiger partial charge >= 0.3 is 0 Å². The highest BCUT2D eigenvalue weighted by atomic mass is 35.5. The number of nitrogens with one attached hydrogen (secondary N) is 1. The number of nitrogens with zero attached hydrogens (tertiary/aromatic N) is 5. The van der Waals surface area contributed by atoms with Crippen LogP contribution in [0.25, 0.3) is 5.69 Å². The van der Waals surface area contributed by atoms with Crippen molar-refractivity contribution >= 4 is 35.0 Å². The lowest BCUT2D eigenvalue weighted by Crippen LogP contribution is -2.15. The molecule has 9 heteroatoms. The number of carbonyl (C=O) groups excluding carboxylic acids is 1. The number of amides is 1. The molecule has 2 aromatic heterocycles. The second-order valence-corrected chi connectivity index (χ2v) is 6.59. The summed E-state index contributed by atoms with van der Waals surface area (Å²) in [6.07, 6.45) is 1.56. The minimum absolute atomic E-state index is 0.149. The predicted molar refractivity (Wildman–Crippen MR) is 97.2 cm³/mol. The standard InChI is InChI=1S/C16H15ClN6OS/c1-10-5-3-6-11(2)14(10)23-16(20-21-22-23)25-9-13(24)19-12-7-4-8-18-15(12)17/h3-8H,9H2,1-2H3,(H,19,24). The van der Waals surface area contributed by atoms with Crippen LogP contribution >= 0.6 is 23.4 Å². The number of anilines is 1. The van der Waals surface area contributed by atoms with Gasteiger partial charge < -0.3 is 5.32 Å². The first-order chi connectivity index (χ1) is 12.1. The highest BCUT2D eigenvalue weighted by Crippen LogP contribution is 2.24. The Bertz CT molecular complexity index is 893. The number of aryl methyl sites for hydroxylation is 2. The molecular formula is C16H15ClN6OS. The van der Waals surface area contributed by atoms with Crippen molar-refractivity contribution in [2.45, 2.75) is 19.0 Å². The number of thioether (sulfide) groups is 1. The third-order valence-corrected chi connectivity index (χ3v) is 4.68. The number of aromatic nitrogens is 5. The predicted octanol–water partition coefficient (Wildman–Crippen LogP) is 3.06. The summed E-state index contributed by atoms with van der Waals surface area (Å²) in [5.74, 6) is -0.0627. The minimum Gasteiger partial charge on any atom is -0.323 e. The minimum atomic E-state index is -0.212. The lowest BCUT2D eigenvalue weighted by Gasteiger charge is -2.10. The Morgan fingerprint density at radius 1 is 1.24 bits per heavy atom. The molecular weight excluding hydrogens is 360 g/mol. The summed E-state index contributed by atoms with van der Waals surface area (Å²) < 4.78 is 1.65. The smallest absolute Gasteiger partial charge is 0.234 e. The Morgan fingerprint density at radius 3 is 2.72 bits per heavy atom. The van der Waals surface area contributed by atoms with E-state index in [-0.39, 0.29) is 16.8 Å². The van der Waals surface area contributed by atoms with Gasteiger partial charge in [0.25, 0.3) is 0 Å². The maximum Gasteiger partial charge on any atom is 0.234 e. The van der Waals surface area contributed by atoms with Crippen molar-refractivity contribution in [2.24, 2.45) is 0 Å². The molecule has 1 amide bonds. The topological polar surface area (TPSA) is 85.6 Å². The van der Waals surface area contributed by atoms with E-state index in [2.05, 4.69) is 25.8 Å². The van der Waals surface area contributed by atoms with Gasteiger partial charge in [0.05, 0.1) is 17.1 Å². The highest BCUT2D eigenvalue weighted by molar-refractivity contribution is 7.99. The largest absolute Gasteiger partial charge is 0.323 e. The Hall–Kier alpha value is -2.45. The molecule has 0 atom stereocenters. The van der Waals surface area contributed by atoms with Crippen molar-refractivity contribution < 1.29 is 4.79 Å². The lowest BCUT2D eigenvalue weighted by atomic mass is 10.1. The fraction of sp³-hybridized carbons (Fsp3) is 0.188. The first kappa shape index (κ1) is 17.4. The SMILES string of the molecule is Cc1cccc(C)c1-n1nnnc1SCC(=O)Nc1cccnc1Cl. The molecule has 2 heterocycles. The number of carbonyl (C=O) groups is 1. The molecule has 0 fully saturated rings.